The van der Waals surface area contributed by atoms with Crippen LogP contribution >= 0.6 is 0 Å². The number of aromatic amines is 1. The Hall–Kier alpha value is -2.10. The number of carbonyl (C=O) groups excluding carboxylic acids is 1. The Balaban J connectivity index is 2.16. The van der Waals surface area contributed by atoms with E-state index >= 15 is 0 Å². The number of aromatic nitrogens is 2. The summed E-state index contributed by atoms with van der Waals surface area (Å²) < 4.78 is 0. The molecular weight excluding hydrogens is 238 g/mol. The minimum absolute atomic E-state index is 0.0540. The van der Waals surface area contributed by atoms with Crippen LogP contribution in [0.2, 0.25) is 0 Å². The molecule has 0 unspecified atom stereocenters. The molecule has 2 aromatic rings. The Morgan fingerprint density at radius 2 is 2.16 bits per heavy atom. The maximum absolute atomic E-state index is 12.2. The molecule has 19 heavy (non-hydrogen) atoms. The van der Waals surface area contributed by atoms with E-state index in [0.717, 1.165) is 23.5 Å². The van der Waals surface area contributed by atoms with Crippen molar-refractivity contribution in [2.75, 3.05) is 0 Å². The zero-order valence-electron chi connectivity index (χ0n) is 11.5. The van der Waals surface area contributed by atoms with Crippen LogP contribution in [0.1, 0.15) is 46.8 Å². The second-order valence-electron chi connectivity index (χ2n) is 4.65. The molecule has 1 atom stereocenters. The Morgan fingerprint density at radius 3 is 2.74 bits per heavy atom. The molecule has 0 bridgehead atoms. The minimum Gasteiger partial charge on any atom is -0.365 e. The number of H-pyrrole nitrogens is 1. The van der Waals surface area contributed by atoms with Crippen molar-refractivity contribution < 1.29 is 4.79 Å². The van der Waals surface area contributed by atoms with E-state index in [1.165, 1.54) is 0 Å². The molecule has 0 saturated carbocycles. The molecule has 0 aromatic carbocycles. The van der Waals surface area contributed by atoms with E-state index in [1.807, 2.05) is 39.0 Å². The summed E-state index contributed by atoms with van der Waals surface area (Å²) in [5, 5.41) is 3.03. The van der Waals surface area contributed by atoms with Gasteiger partial charge in [-0.25, -0.2) is 0 Å². The second-order valence-corrected chi connectivity index (χ2v) is 4.65. The molecule has 0 spiro atoms. The lowest BCUT2D eigenvalue weighted by molar-refractivity contribution is 0.0934. The van der Waals surface area contributed by atoms with Gasteiger partial charge in [0.05, 0.1) is 17.3 Å². The molecule has 2 heterocycles. The van der Waals surface area contributed by atoms with Gasteiger partial charge in [-0.2, -0.15) is 0 Å². The van der Waals surface area contributed by atoms with Gasteiger partial charge in [0.15, 0.2) is 0 Å². The lowest BCUT2D eigenvalue weighted by Gasteiger charge is -2.16. The third-order valence-corrected chi connectivity index (χ3v) is 3.18. The molecule has 4 heteroatoms. The van der Waals surface area contributed by atoms with E-state index in [9.17, 15) is 4.79 Å². The quantitative estimate of drug-likeness (QED) is 0.884. The van der Waals surface area contributed by atoms with Gasteiger partial charge in [0.25, 0.3) is 5.91 Å². The fourth-order valence-electron chi connectivity index (χ4n) is 2.08. The normalized spacial score (nSPS) is 12.2. The van der Waals surface area contributed by atoms with Crippen molar-refractivity contribution in [3.05, 3.63) is 53.1 Å². The van der Waals surface area contributed by atoms with Gasteiger partial charge in [-0.15, -0.1) is 0 Å². The SMILES string of the molecule is CC[C@@H](NC(=O)c1cc[nH]c1C)c1cccc(C)n1. The predicted octanol–water partition coefficient (Wildman–Crippen LogP) is 2.91. The topological polar surface area (TPSA) is 57.8 Å². The van der Waals surface area contributed by atoms with Crippen molar-refractivity contribution >= 4 is 5.91 Å². The highest BCUT2D eigenvalue weighted by Gasteiger charge is 2.16. The fourth-order valence-corrected chi connectivity index (χ4v) is 2.08. The number of amides is 1. The van der Waals surface area contributed by atoms with Crippen molar-refractivity contribution in [3.8, 4) is 0 Å². The smallest absolute Gasteiger partial charge is 0.253 e. The van der Waals surface area contributed by atoms with Crippen LogP contribution in [0.4, 0.5) is 0 Å². The minimum atomic E-state index is -0.0612. The van der Waals surface area contributed by atoms with Crippen LogP contribution in [0.5, 0.6) is 0 Å². The van der Waals surface area contributed by atoms with Crippen LogP contribution in [-0.4, -0.2) is 15.9 Å². The van der Waals surface area contributed by atoms with Gasteiger partial charge in [-0.3, -0.25) is 9.78 Å². The first kappa shape index (κ1) is 13.3. The van der Waals surface area contributed by atoms with Crippen molar-refractivity contribution in [1.29, 1.82) is 0 Å². The lowest BCUT2D eigenvalue weighted by Crippen LogP contribution is -2.29. The van der Waals surface area contributed by atoms with Crippen molar-refractivity contribution in [2.45, 2.75) is 33.2 Å². The average molecular weight is 257 g/mol. The van der Waals surface area contributed by atoms with Crippen LogP contribution < -0.4 is 5.32 Å². The Bertz CT molecular complexity index is 574. The maximum atomic E-state index is 12.2. The molecule has 2 rings (SSSR count). The summed E-state index contributed by atoms with van der Waals surface area (Å²) in [4.78, 5) is 19.7. The van der Waals surface area contributed by atoms with Crippen molar-refractivity contribution in [3.63, 3.8) is 0 Å². The van der Waals surface area contributed by atoms with E-state index in [0.29, 0.717) is 5.56 Å². The number of pyridine rings is 1. The Morgan fingerprint density at radius 1 is 1.37 bits per heavy atom. The van der Waals surface area contributed by atoms with Gasteiger partial charge >= 0.3 is 0 Å². The molecule has 0 radical (unpaired) electrons. The molecular formula is C15H19N3O. The van der Waals surface area contributed by atoms with Crippen LogP contribution in [0.15, 0.2) is 30.5 Å². The first-order valence-electron chi connectivity index (χ1n) is 6.50. The molecule has 1 amide bonds. The molecule has 0 aliphatic carbocycles. The van der Waals surface area contributed by atoms with Crippen molar-refractivity contribution in [1.82, 2.24) is 15.3 Å². The number of hydrogen-bond acceptors (Lipinski definition) is 2. The summed E-state index contributed by atoms with van der Waals surface area (Å²) >= 11 is 0. The summed E-state index contributed by atoms with van der Waals surface area (Å²) in [6, 6.07) is 7.61. The average Bonchev–Trinajstić information content (AvgIpc) is 2.82. The third kappa shape index (κ3) is 3.02. The van der Waals surface area contributed by atoms with Crippen LogP contribution in [0.3, 0.4) is 0 Å². The number of carbonyl (C=O) groups is 1. The monoisotopic (exact) mass is 257 g/mol. The van der Waals surface area contributed by atoms with E-state index in [1.54, 1.807) is 12.3 Å². The molecule has 2 aromatic heterocycles. The zero-order valence-corrected chi connectivity index (χ0v) is 11.5. The molecule has 0 aliphatic heterocycles. The van der Waals surface area contributed by atoms with Crippen LogP contribution in [0, 0.1) is 13.8 Å². The summed E-state index contributed by atoms with van der Waals surface area (Å²) in [6.07, 6.45) is 2.59. The first-order valence-corrected chi connectivity index (χ1v) is 6.50. The Labute approximate surface area is 113 Å². The highest BCUT2D eigenvalue weighted by molar-refractivity contribution is 5.95. The van der Waals surface area contributed by atoms with Crippen LogP contribution in [0.25, 0.3) is 0 Å². The highest BCUT2D eigenvalue weighted by atomic mass is 16.1. The van der Waals surface area contributed by atoms with Crippen molar-refractivity contribution in [2.24, 2.45) is 0 Å². The Kier molecular flexibility index (Phi) is 4.00. The van der Waals surface area contributed by atoms with Gasteiger partial charge in [0.2, 0.25) is 0 Å². The summed E-state index contributed by atoms with van der Waals surface area (Å²) in [6.45, 7) is 5.88. The van der Waals surface area contributed by atoms with Gasteiger partial charge < -0.3 is 10.3 Å². The predicted molar refractivity (Wildman–Crippen MR) is 75.0 cm³/mol. The number of nitrogens with one attached hydrogen (secondary N) is 2. The van der Waals surface area contributed by atoms with Gasteiger partial charge in [-0.05, 0) is 38.5 Å². The molecule has 2 N–H and O–H groups in total. The number of hydrogen-bond donors (Lipinski definition) is 2. The summed E-state index contributed by atoms with van der Waals surface area (Å²) in [5.41, 5.74) is 3.43. The number of aryl methyl sites for hydroxylation is 2. The molecule has 0 saturated heterocycles. The zero-order chi connectivity index (χ0) is 13.8. The summed E-state index contributed by atoms with van der Waals surface area (Å²) in [5.74, 6) is -0.0612. The standard InChI is InChI=1S/C15H19N3O/c1-4-13(14-7-5-6-10(2)17-14)18-15(19)12-8-9-16-11(12)3/h5-9,13,16H,4H2,1-3H3,(H,18,19)/t13-/m1/s1. The molecule has 4 nitrogen and oxygen atoms in total. The third-order valence-electron chi connectivity index (χ3n) is 3.18. The van der Waals surface area contributed by atoms with E-state index < -0.39 is 0 Å². The molecule has 100 valence electrons. The van der Waals surface area contributed by atoms with Gasteiger partial charge in [-0.1, -0.05) is 13.0 Å². The largest absolute Gasteiger partial charge is 0.365 e. The molecule has 0 fully saturated rings. The first-order chi connectivity index (χ1) is 9.11. The van der Waals surface area contributed by atoms with E-state index in [-0.39, 0.29) is 11.9 Å². The fraction of sp³-hybridized carbons (Fsp3) is 0.333. The van der Waals surface area contributed by atoms with E-state index in [2.05, 4.69) is 15.3 Å². The lowest BCUT2D eigenvalue weighted by atomic mass is 10.1. The van der Waals surface area contributed by atoms with Crippen LogP contribution in [-0.2, 0) is 0 Å². The second kappa shape index (κ2) is 5.69. The van der Waals surface area contributed by atoms with Gasteiger partial charge in [0.1, 0.15) is 0 Å². The molecule has 0 aliphatic rings. The maximum Gasteiger partial charge on any atom is 0.253 e. The number of nitrogens with zero attached hydrogens (tertiary/aromatic N) is 1. The van der Waals surface area contributed by atoms with E-state index in [4.69, 9.17) is 0 Å². The van der Waals surface area contributed by atoms with Gasteiger partial charge in [0, 0.05) is 17.6 Å². The number of rotatable bonds is 4. The highest BCUT2D eigenvalue weighted by Crippen LogP contribution is 2.16. The summed E-state index contributed by atoms with van der Waals surface area (Å²) in [7, 11) is 0.